The molecule has 0 radical (unpaired) electrons. The first kappa shape index (κ1) is 16.4. The van der Waals surface area contributed by atoms with Crippen LogP contribution in [-0.4, -0.2) is 45.4 Å². The molecule has 4 heteroatoms. The minimum absolute atomic E-state index is 0.793. The maximum atomic E-state index is 5.43. The van der Waals surface area contributed by atoms with Crippen LogP contribution in [0.4, 0.5) is 0 Å². The van der Waals surface area contributed by atoms with E-state index < -0.39 is 0 Å². The van der Waals surface area contributed by atoms with Gasteiger partial charge in [0.1, 0.15) is 0 Å². The maximum absolute atomic E-state index is 5.43. The largest absolute Gasteiger partial charge is 0.385 e. The Morgan fingerprint density at radius 1 is 0.875 bits per heavy atom. The number of nitrogens with one attached hydrogen (secondary N) is 1. The Hall–Kier alpha value is 0.360. The molecule has 3 nitrogen and oxygen atoms in total. The summed E-state index contributed by atoms with van der Waals surface area (Å²) in [7, 11) is 1.72. The van der Waals surface area contributed by atoms with E-state index in [1.54, 1.807) is 7.11 Å². The fraction of sp³-hybridized carbons (Fsp3) is 1.00. The molecule has 0 aliphatic heterocycles. The van der Waals surface area contributed by atoms with E-state index in [4.69, 9.17) is 9.47 Å². The van der Waals surface area contributed by atoms with Crippen molar-refractivity contribution in [2.24, 2.45) is 0 Å². The zero-order chi connectivity index (χ0) is 11.9. The van der Waals surface area contributed by atoms with Crippen LogP contribution in [0.15, 0.2) is 0 Å². The first-order valence-corrected chi connectivity index (χ1v) is 7.37. The van der Waals surface area contributed by atoms with Crippen LogP contribution in [0.25, 0.3) is 0 Å². The Labute approximate surface area is 108 Å². The Kier molecular flexibility index (Phi) is 15.7. The molecule has 98 valence electrons. The average molecular weight is 296 g/mol. The number of alkyl halides is 1. The summed E-state index contributed by atoms with van der Waals surface area (Å²) in [6.45, 7) is 4.49. The van der Waals surface area contributed by atoms with Crippen LogP contribution in [0.1, 0.15) is 32.1 Å². The van der Waals surface area contributed by atoms with Gasteiger partial charge in [0.25, 0.3) is 0 Å². The van der Waals surface area contributed by atoms with Crippen LogP contribution >= 0.6 is 15.9 Å². The Morgan fingerprint density at radius 2 is 1.69 bits per heavy atom. The quantitative estimate of drug-likeness (QED) is 0.418. The Balaban J connectivity index is 2.83. The third kappa shape index (κ3) is 14.4. The van der Waals surface area contributed by atoms with E-state index in [9.17, 15) is 0 Å². The number of methoxy groups -OCH3 is 1. The van der Waals surface area contributed by atoms with Gasteiger partial charge < -0.3 is 14.8 Å². The lowest BCUT2D eigenvalue weighted by atomic mass is 10.2. The van der Waals surface area contributed by atoms with Crippen LogP contribution in [-0.2, 0) is 9.47 Å². The van der Waals surface area contributed by atoms with Gasteiger partial charge in [-0.25, -0.2) is 0 Å². The fourth-order valence-electron chi connectivity index (χ4n) is 1.37. The van der Waals surface area contributed by atoms with Crippen LogP contribution in [0.3, 0.4) is 0 Å². The number of unbranched alkanes of at least 4 members (excludes halogenated alkanes) is 3. The van der Waals surface area contributed by atoms with Crippen molar-refractivity contribution in [3.63, 3.8) is 0 Å². The van der Waals surface area contributed by atoms with Crippen LogP contribution in [0, 0.1) is 0 Å². The summed E-state index contributed by atoms with van der Waals surface area (Å²) in [5, 5.41) is 4.52. The first-order valence-electron chi connectivity index (χ1n) is 6.25. The summed E-state index contributed by atoms with van der Waals surface area (Å²) in [6, 6.07) is 0. The third-order valence-electron chi connectivity index (χ3n) is 2.30. The molecule has 0 spiro atoms. The molecule has 16 heavy (non-hydrogen) atoms. The summed E-state index contributed by atoms with van der Waals surface area (Å²) in [5.41, 5.74) is 0. The SMILES string of the molecule is COCCCOCCNCCCCCCBr. The standard InChI is InChI=1S/C12H26BrNO2/c1-15-10-6-11-16-12-9-14-8-5-3-2-4-7-13/h14H,2-12H2,1H3. The Bertz CT molecular complexity index is 112. The van der Waals surface area contributed by atoms with E-state index in [-0.39, 0.29) is 0 Å². The van der Waals surface area contributed by atoms with Crippen LogP contribution < -0.4 is 5.32 Å². The van der Waals surface area contributed by atoms with E-state index in [0.29, 0.717) is 0 Å². The van der Waals surface area contributed by atoms with Crippen molar-refractivity contribution in [1.82, 2.24) is 5.32 Å². The van der Waals surface area contributed by atoms with Gasteiger partial charge in [-0.2, -0.15) is 0 Å². The van der Waals surface area contributed by atoms with Gasteiger partial charge >= 0.3 is 0 Å². The topological polar surface area (TPSA) is 30.5 Å². The van der Waals surface area contributed by atoms with E-state index in [0.717, 1.165) is 44.7 Å². The smallest absolute Gasteiger partial charge is 0.0590 e. The molecule has 0 saturated heterocycles. The van der Waals surface area contributed by atoms with E-state index in [1.165, 1.54) is 25.7 Å². The maximum Gasteiger partial charge on any atom is 0.0590 e. The van der Waals surface area contributed by atoms with Gasteiger partial charge in [-0.3, -0.25) is 0 Å². The highest BCUT2D eigenvalue weighted by Gasteiger charge is 1.91. The van der Waals surface area contributed by atoms with Crippen molar-refractivity contribution < 1.29 is 9.47 Å². The molecule has 0 aromatic heterocycles. The fourth-order valence-corrected chi connectivity index (χ4v) is 1.77. The molecule has 0 heterocycles. The zero-order valence-electron chi connectivity index (χ0n) is 10.5. The molecule has 0 bridgehead atoms. The molecule has 0 aromatic carbocycles. The van der Waals surface area contributed by atoms with Gasteiger partial charge in [0.15, 0.2) is 0 Å². The van der Waals surface area contributed by atoms with Crippen LogP contribution in [0.2, 0.25) is 0 Å². The molecular weight excluding hydrogens is 270 g/mol. The second-order valence-electron chi connectivity index (χ2n) is 3.81. The molecule has 0 aliphatic rings. The lowest BCUT2D eigenvalue weighted by molar-refractivity contribution is 0.104. The summed E-state index contributed by atoms with van der Waals surface area (Å²) in [5.74, 6) is 0. The molecule has 0 aromatic rings. The lowest BCUT2D eigenvalue weighted by Gasteiger charge is -2.05. The van der Waals surface area contributed by atoms with Crippen molar-refractivity contribution in [3.05, 3.63) is 0 Å². The summed E-state index contributed by atoms with van der Waals surface area (Å²) < 4.78 is 10.4. The second-order valence-corrected chi connectivity index (χ2v) is 4.60. The van der Waals surface area contributed by atoms with Crippen molar-refractivity contribution in [2.45, 2.75) is 32.1 Å². The van der Waals surface area contributed by atoms with Crippen molar-refractivity contribution in [1.29, 1.82) is 0 Å². The summed E-state index contributed by atoms with van der Waals surface area (Å²) in [6.07, 6.45) is 6.22. The van der Waals surface area contributed by atoms with Gasteiger partial charge in [-0.15, -0.1) is 0 Å². The van der Waals surface area contributed by atoms with Gasteiger partial charge in [0, 0.05) is 32.2 Å². The van der Waals surface area contributed by atoms with E-state index >= 15 is 0 Å². The molecule has 0 unspecified atom stereocenters. The predicted octanol–water partition coefficient (Wildman–Crippen LogP) is 2.58. The van der Waals surface area contributed by atoms with Gasteiger partial charge in [0.2, 0.25) is 0 Å². The van der Waals surface area contributed by atoms with Crippen molar-refractivity contribution in [2.75, 3.05) is 45.4 Å². The first-order chi connectivity index (χ1) is 7.91. The number of hydrogen-bond acceptors (Lipinski definition) is 3. The number of halogens is 1. The van der Waals surface area contributed by atoms with Crippen molar-refractivity contribution in [3.8, 4) is 0 Å². The molecule has 0 rings (SSSR count). The number of ether oxygens (including phenoxy) is 2. The molecule has 0 amide bonds. The van der Waals surface area contributed by atoms with Crippen LogP contribution in [0.5, 0.6) is 0 Å². The minimum atomic E-state index is 0.793. The molecule has 0 atom stereocenters. The molecular formula is C12H26BrNO2. The highest BCUT2D eigenvalue weighted by molar-refractivity contribution is 9.09. The Morgan fingerprint density at radius 3 is 2.44 bits per heavy atom. The van der Waals surface area contributed by atoms with Gasteiger partial charge in [-0.1, -0.05) is 28.8 Å². The number of rotatable bonds is 13. The third-order valence-corrected chi connectivity index (χ3v) is 2.86. The highest BCUT2D eigenvalue weighted by Crippen LogP contribution is 2.00. The second kappa shape index (κ2) is 15.4. The highest BCUT2D eigenvalue weighted by atomic mass is 79.9. The van der Waals surface area contributed by atoms with Crippen molar-refractivity contribution >= 4 is 15.9 Å². The lowest BCUT2D eigenvalue weighted by Crippen LogP contribution is -2.21. The molecule has 0 fully saturated rings. The van der Waals surface area contributed by atoms with E-state index in [1.807, 2.05) is 0 Å². The minimum Gasteiger partial charge on any atom is -0.385 e. The molecule has 0 saturated carbocycles. The number of hydrogen-bond donors (Lipinski definition) is 1. The summed E-state index contributed by atoms with van der Waals surface area (Å²) in [4.78, 5) is 0. The normalized spacial score (nSPS) is 10.9. The molecule has 1 N–H and O–H groups in total. The molecule has 0 aliphatic carbocycles. The summed E-state index contributed by atoms with van der Waals surface area (Å²) >= 11 is 3.44. The van der Waals surface area contributed by atoms with E-state index in [2.05, 4.69) is 21.2 Å². The van der Waals surface area contributed by atoms with Gasteiger partial charge in [-0.05, 0) is 25.8 Å². The predicted molar refractivity (Wildman–Crippen MR) is 72.4 cm³/mol. The average Bonchev–Trinajstić information content (AvgIpc) is 2.31. The van der Waals surface area contributed by atoms with Gasteiger partial charge in [0.05, 0.1) is 6.61 Å². The zero-order valence-corrected chi connectivity index (χ0v) is 12.1. The monoisotopic (exact) mass is 295 g/mol.